The Hall–Kier alpha value is -5.77. The van der Waals surface area contributed by atoms with Crippen LogP contribution in [0.4, 0.5) is 11.4 Å². The monoisotopic (exact) mass is 536 g/mol. The first-order chi connectivity index (χ1) is 19.2. The maximum atomic E-state index is 12.5. The number of carboxylic acid groups (broad SMARTS) is 1. The van der Waals surface area contributed by atoms with Gasteiger partial charge in [-0.3, -0.25) is 24.1 Å². The molecule has 1 unspecified atom stereocenters. The molecule has 0 bridgehead atoms. The second kappa shape index (κ2) is 11.7. The van der Waals surface area contributed by atoms with Crippen molar-refractivity contribution in [2.24, 2.45) is 5.73 Å². The van der Waals surface area contributed by atoms with Crippen molar-refractivity contribution in [3.05, 3.63) is 130 Å². The molecule has 10 nitrogen and oxygen atoms in total. The molecule has 2 aliphatic heterocycles. The van der Waals surface area contributed by atoms with E-state index in [9.17, 15) is 24.0 Å². The number of carbonyl (C=O) groups is 5. The Kier molecular flexibility index (Phi) is 8.00. The predicted molar refractivity (Wildman–Crippen MR) is 148 cm³/mol. The Morgan fingerprint density at radius 3 is 1.98 bits per heavy atom. The Morgan fingerprint density at radius 2 is 1.38 bits per heavy atom. The molecule has 6 N–H and O–H groups in total. The van der Waals surface area contributed by atoms with E-state index in [1.165, 1.54) is 12.1 Å². The molecule has 2 aliphatic rings. The minimum atomic E-state index is -1.08. The van der Waals surface area contributed by atoms with E-state index in [1.54, 1.807) is 59.5 Å². The maximum absolute atomic E-state index is 12.5. The van der Waals surface area contributed by atoms with Crippen LogP contribution in [-0.4, -0.2) is 35.1 Å². The van der Waals surface area contributed by atoms with Crippen molar-refractivity contribution in [1.82, 2.24) is 5.32 Å². The molecule has 0 fully saturated rings. The van der Waals surface area contributed by atoms with E-state index in [0.717, 1.165) is 5.56 Å². The van der Waals surface area contributed by atoms with Crippen LogP contribution in [0.1, 0.15) is 63.5 Å². The highest BCUT2D eigenvalue weighted by molar-refractivity contribution is 6.16. The minimum Gasteiger partial charge on any atom is -0.478 e. The molecular weight excluding hydrogens is 512 g/mol. The highest BCUT2D eigenvalue weighted by Gasteiger charge is 2.42. The number of carboxylic acids is 1. The molecule has 3 amide bonds. The van der Waals surface area contributed by atoms with Crippen LogP contribution in [0.2, 0.25) is 0 Å². The number of primary amides is 1. The van der Waals surface area contributed by atoms with Gasteiger partial charge in [0.25, 0.3) is 17.7 Å². The summed E-state index contributed by atoms with van der Waals surface area (Å²) in [7, 11) is 0. The number of nitrogen functional groups attached to an aromatic ring is 1. The fourth-order valence-electron chi connectivity index (χ4n) is 4.30. The van der Waals surface area contributed by atoms with E-state index < -0.39 is 11.9 Å². The number of hydrogen-bond acceptors (Lipinski definition) is 6. The zero-order chi connectivity index (χ0) is 28.8. The molecule has 40 heavy (non-hydrogen) atoms. The van der Waals surface area contributed by atoms with E-state index >= 15 is 0 Å². The topological polar surface area (TPSA) is 173 Å². The molecule has 200 valence electrons. The van der Waals surface area contributed by atoms with Gasteiger partial charge >= 0.3 is 5.97 Å². The normalized spacial score (nSPS) is 14.1. The van der Waals surface area contributed by atoms with Gasteiger partial charge in [0, 0.05) is 22.4 Å². The zero-order valence-corrected chi connectivity index (χ0v) is 21.0. The first-order valence-corrected chi connectivity index (χ1v) is 12.0. The summed E-state index contributed by atoms with van der Waals surface area (Å²) in [6, 6.07) is 27.3. The lowest BCUT2D eigenvalue weighted by Crippen LogP contribution is -2.45. The highest BCUT2D eigenvalue weighted by Crippen LogP contribution is 2.40. The largest absolute Gasteiger partial charge is 0.478 e. The van der Waals surface area contributed by atoms with Gasteiger partial charge in [0.05, 0.1) is 22.4 Å². The summed E-state index contributed by atoms with van der Waals surface area (Å²) in [4.78, 5) is 57.5. The Morgan fingerprint density at radius 1 is 0.800 bits per heavy atom. The van der Waals surface area contributed by atoms with Gasteiger partial charge in [-0.1, -0.05) is 60.7 Å². The summed E-state index contributed by atoms with van der Waals surface area (Å²) in [6.07, 6.45) is 0.148. The number of benzene rings is 4. The number of carbonyl (C=O) groups excluding carboxylic acids is 4. The Labute approximate surface area is 228 Å². The van der Waals surface area contributed by atoms with Crippen LogP contribution in [0.5, 0.6) is 0 Å². The Bertz CT molecular complexity index is 1630. The molecule has 0 saturated heterocycles. The summed E-state index contributed by atoms with van der Waals surface area (Å²) in [5.74, 6) is -1.76. The van der Waals surface area contributed by atoms with Crippen LogP contribution in [0, 0.1) is 0 Å². The second-order valence-corrected chi connectivity index (χ2v) is 8.62. The van der Waals surface area contributed by atoms with Gasteiger partial charge in [-0.05, 0) is 36.4 Å². The van der Waals surface area contributed by atoms with Gasteiger partial charge in [-0.25, -0.2) is 4.79 Å². The number of aromatic carboxylic acids is 1. The number of para-hydroxylation sites is 2. The van der Waals surface area contributed by atoms with E-state index in [-0.39, 0.29) is 29.1 Å². The van der Waals surface area contributed by atoms with Gasteiger partial charge in [0.15, 0.2) is 6.29 Å². The molecule has 1 atom stereocenters. The standard InChI is InChI=1S/C15H10N2O2.C8H6O3.C7H8N2O/c18-14-11-7-3-4-8-12(11)17-13(16-14)9-5-1-2-6-10(9)15(17)19;9-5-6-3-1-2-4-7(6)8(10)11;8-6-4-2-1-3-5(6)7(9)10/h1-8,13H,(H,16,18);1-5H,(H,10,11);1-4H,8H2,(H2,9,10). The number of nitrogens with two attached hydrogens (primary N) is 2. The van der Waals surface area contributed by atoms with Crippen LogP contribution < -0.4 is 21.7 Å². The van der Waals surface area contributed by atoms with Gasteiger partial charge in [0.2, 0.25) is 0 Å². The molecule has 10 heteroatoms. The van der Waals surface area contributed by atoms with Crippen LogP contribution >= 0.6 is 0 Å². The third-order valence-corrected chi connectivity index (χ3v) is 6.18. The van der Waals surface area contributed by atoms with Crippen molar-refractivity contribution in [3.63, 3.8) is 0 Å². The van der Waals surface area contributed by atoms with Crippen LogP contribution in [0.3, 0.4) is 0 Å². The summed E-state index contributed by atoms with van der Waals surface area (Å²) in [6.45, 7) is 0. The maximum Gasteiger partial charge on any atom is 0.336 e. The van der Waals surface area contributed by atoms with Crippen molar-refractivity contribution in [1.29, 1.82) is 0 Å². The van der Waals surface area contributed by atoms with E-state index in [4.69, 9.17) is 16.6 Å². The third-order valence-electron chi connectivity index (χ3n) is 6.18. The molecule has 2 heterocycles. The van der Waals surface area contributed by atoms with E-state index in [0.29, 0.717) is 34.4 Å². The lowest BCUT2D eigenvalue weighted by molar-refractivity contribution is 0.0693. The number of nitrogens with zero attached hydrogens (tertiary/aromatic N) is 1. The average Bonchev–Trinajstić information content (AvgIpc) is 3.25. The molecule has 0 radical (unpaired) electrons. The Balaban J connectivity index is 0.000000151. The van der Waals surface area contributed by atoms with Crippen LogP contribution in [-0.2, 0) is 0 Å². The van der Waals surface area contributed by atoms with Crippen molar-refractivity contribution in [2.75, 3.05) is 10.6 Å². The van der Waals surface area contributed by atoms with Gasteiger partial charge in [-0.15, -0.1) is 0 Å². The number of aldehydes is 1. The van der Waals surface area contributed by atoms with Gasteiger partial charge in [0.1, 0.15) is 6.17 Å². The summed E-state index contributed by atoms with van der Waals surface area (Å²) < 4.78 is 0. The van der Waals surface area contributed by atoms with Crippen molar-refractivity contribution < 1.29 is 29.1 Å². The van der Waals surface area contributed by atoms with Crippen molar-refractivity contribution >= 4 is 41.4 Å². The summed E-state index contributed by atoms with van der Waals surface area (Å²) in [5.41, 5.74) is 14.2. The molecular formula is C30H24N4O6. The zero-order valence-electron chi connectivity index (χ0n) is 21.0. The number of fused-ring (bicyclic) bond motifs is 5. The number of hydrogen-bond donors (Lipinski definition) is 4. The minimum absolute atomic E-state index is 0.0440. The first kappa shape index (κ1) is 27.3. The molecule has 6 rings (SSSR count). The highest BCUT2D eigenvalue weighted by atomic mass is 16.4. The molecule has 0 saturated carbocycles. The van der Waals surface area contributed by atoms with Gasteiger partial charge < -0.3 is 21.9 Å². The number of rotatable bonds is 3. The average molecular weight is 537 g/mol. The third kappa shape index (κ3) is 5.41. The van der Waals surface area contributed by atoms with E-state index in [2.05, 4.69) is 5.32 Å². The lowest BCUT2D eigenvalue weighted by Gasteiger charge is -2.32. The van der Waals surface area contributed by atoms with Crippen molar-refractivity contribution in [2.45, 2.75) is 6.17 Å². The van der Waals surface area contributed by atoms with Crippen LogP contribution in [0.25, 0.3) is 0 Å². The molecule has 4 aromatic carbocycles. The number of amides is 3. The van der Waals surface area contributed by atoms with Gasteiger partial charge in [-0.2, -0.15) is 0 Å². The smallest absolute Gasteiger partial charge is 0.336 e. The summed E-state index contributed by atoms with van der Waals surface area (Å²) >= 11 is 0. The fraction of sp³-hybridized carbons (Fsp3) is 0.0333. The summed E-state index contributed by atoms with van der Waals surface area (Å²) in [5, 5.41) is 11.4. The second-order valence-electron chi connectivity index (χ2n) is 8.62. The fourth-order valence-corrected chi connectivity index (χ4v) is 4.30. The molecule has 0 aromatic heterocycles. The quantitative estimate of drug-likeness (QED) is 0.228. The first-order valence-electron chi connectivity index (χ1n) is 12.0. The molecule has 0 spiro atoms. The number of anilines is 2. The molecule has 0 aliphatic carbocycles. The van der Waals surface area contributed by atoms with Crippen molar-refractivity contribution in [3.8, 4) is 0 Å². The lowest BCUT2D eigenvalue weighted by atomic mass is 10.1. The van der Waals surface area contributed by atoms with E-state index in [1.807, 2.05) is 30.3 Å². The number of nitrogens with one attached hydrogen (secondary N) is 1. The van der Waals surface area contributed by atoms with Crippen LogP contribution in [0.15, 0.2) is 97.1 Å². The predicted octanol–water partition coefficient (Wildman–Crippen LogP) is 3.65. The molecule has 4 aromatic rings. The SMILES string of the molecule is NC(=O)c1ccccc1N.O=C1NC2c3ccccc3C(=O)N2c2ccccc21.O=Cc1ccccc1C(=O)O.